The Balaban J connectivity index is 1.42. The first-order valence-electron chi connectivity index (χ1n) is 9.20. The number of nitrogens with zero attached hydrogens (tertiary/aromatic N) is 3. The predicted octanol–water partition coefficient (Wildman–Crippen LogP) is 1.80. The van der Waals surface area contributed by atoms with E-state index in [-0.39, 0.29) is 12.5 Å². The largest absolute Gasteiger partial charge is 0.493 e. The third-order valence-electron chi connectivity index (χ3n) is 4.30. The molecule has 0 aliphatic heterocycles. The molecule has 1 aromatic heterocycles. The summed E-state index contributed by atoms with van der Waals surface area (Å²) in [6.07, 6.45) is 3.58. The molecule has 3 aromatic rings. The molecule has 2 aromatic carbocycles. The van der Waals surface area contributed by atoms with E-state index in [4.69, 9.17) is 14.2 Å². The summed E-state index contributed by atoms with van der Waals surface area (Å²) in [5.41, 5.74) is 2.09. The molecule has 0 fully saturated rings. The van der Waals surface area contributed by atoms with Crippen molar-refractivity contribution < 1.29 is 23.8 Å². The first-order chi connectivity index (χ1) is 14.6. The van der Waals surface area contributed by atoms with Crippen LogP contribution in [0.5, 0.6) is 11.5 Å². The van der Waals surface area contributed by atoms with E-state index < -0.39 is 5.97 Å². The average molecular weight is 410 g/mol. The van der Waals surface area contributed by atoms with Gasteiger partial charge in [0.25, 0.3) is 5.91 Å². The Morgan fingerprint density at radius 1 is 1.03 bits per heavy atom. The summed E-state index contributed by atoms with van der Waals surface area (Å²) in [6, 6.07) is 12.2. The van der Waals surface area contributed by atoms with E-state index in [0.717, 1.165) is 11.3 Å². The number of hydrogen-bond donors (Lipinski definition) is 1. The average Bonchev–Trinajstić information content (AvgIpc) is 3.32. The molecular formula is C21H22N4O5. The van der Waals surface area contributed by atoms with E-state index in [2.05, 4.69) is 15.4 Å². The molecule has 0 saturated heterocycles. The van der Waals surface area contributed by atoms with Crippen LogP contribution in [0, 0.1) is 0 Å². The number of aromatic nitrogens is 3. The van der Waals surface area contributed by atoms with Crippen LogP contribution in [0.15, 0.2) is 55.1 Å². The molecule has 9 nitrogen and oxygen atoms in total. The second-order valence-electron chi connectivity index (χ2n) is 6.25. The number of ether oxygens (including phenoxy) is 3. The second-order valence-corrected chi connectivity index (χ2v) is 6.25. The van der Waals surface area contributed by atoms with Gasteiger partial charge in [-0.25, -0.2) is 14.5 Å². The van der Waals surface area contributed by atoms with E-state index >= 15 is 0 Å². The molecule has 9 heteroatoms. The fourth-order valence-corrected chi connectivity index (χ4v) is 2.74. The van der Waals surface area contributed by atoms with Gasteiger partial charge in [0.15, 0.2) is 18.1 Å². The zero-order valence-corrected chi connectivity index (χ0v) is 16.7. The summed E-state index contributed by atoms with van der Waals surface area (Å²) >= 11 is 0. The van der Waals surface area contributed by atoms with Gasteiger partial charge in [-0.3, -0.25) is 4.79 Å². The number of nitrogens with one attached hydrogen (secondary N) is 1. The molecule has 0 unspecified atom stereocenters. The number of carbonyl (C=O) groups excluding carboxylic acids is 2. The Morgan fingerprint density at radius 2 is 1.80 bits per heavy atom. The first-order valence-corrected chi connectivity index (χ1v) is 9.20. The van der Waals surface area contributed by atoms with Crippen LogP contribution in [0.25, 0.3) is 5.69 Å². The number of carbonyl (C=O) groups is 2. The number of benzene rings is 2. The first kappa shape index (κ1) is 20.8. The SMILES string of the molecule is COc1ccc(CCNC(=O)COC(=O)c2ccc(-n3cncn3)cc2)cc1OC. The van der Waals surface area contributed by atoms with Crippen molar-refractivity contribution in [3.8, 4) is 17.2 Å². The molecule has 156 valence electrons. The van der Waals surface area contributed by atoms with Crippen LogP contribution in [-0.2, 0) is 16.0 Å². The minimum atomic E-state index is -0.574. The molecule has 1 N–H and O–H groups in total. The molecule has 3 rings (SSSR count). The summed E-state index contributed by atoms with van der Waals surface area (Å²) < 4.78 is 17.1. The molecule has 0 spiro atoms. The van der Waals surface area contributed by atoms with Crippen LogP contribution >= 0.6 is 0 Å². The number of hydrogen-bond acceptors (Lipinski definition) is 7. The molecule has 0 atom stereocenters. The van der Waals surface area contributed by atoms with Gasteiger partial charge in [0.2, 0.25) is 0 Å². The number of esters is 1. The number of methoxy groups -OCH3 is 2. The van der Waals surface area contributed by atoms with E-state index in [1.54, 1.807) is 49.5 Å². The Kier molecular flexibility index (Phi) is 6.99. The zero-order valence-electron chi connectivity index (χ0n) is 16.7. The van der Waals surface area contributed by atoms with Crippen LogP contribution < -0.4 is 14.8 Å². The normalized spacial score (nSPS) is 10.3. The molecule has 30 heavy (non-hydrogen) atoms. The van der Waals surface area contributed by atoms with E-state index in [1.807, 2.05) is 18.2 Å². The standard InChI is InChI=1S/C21H22N4O5/c1-28-18-8-3-15(11-19(18)29-2)9-10-23-20(26)12-30-21(27)16-4-6-17(7-5-16)25-14-22-13-24-25/h3-8,11,13-14H,9-10,12H2,1-2H3,(H,23,26). The highest BCUT2D eigenvalue weighted by Crippen LogP contribution is 2.27. The Morgan fingerprint density at radius 3 is 2.47 bits per heavy atom. The van der Waals surface area contributed by atoms with Gasteiger partial charge in [0, 0.05) is 6.54 Å². The lowest BCUT2D eigenvalue weighted by Gasteiger charge is -2.10. The van der Waals surface area contributed by atoms with Crippen LogP contribution in [0.3, 0.4) is 0 Å². The summed E-state index contributed by atoms with van der Waals surface area (Å²) in [4.78, 5) is 27.9. The van der Waals surface area contributed by atoms with Gasteiger partial charge >= 0.3 is 5.97 Å². The fourth-order valence-electron chi connectivity index (χ4n) is 2.74. The molecular weight excluding hydrogens is 388 g/mol. The van der Waals surface area contributed by atoms with E-state index in [0.29, 0.717) is 30.0 Å². The molecule has 0 aliphatic rings. The van der Waals surface area contributed by atoms with Crippen LogP contribution in [-0.4, -0.2) is 54.0 Å². The molecule has 0 aliphatic carbocycles. The third kappa shape index (κ3) is 5.34. The topological polar surface area (TPSA) is 105 Å². The molecule has 0 bridgehead atoms. The minimum absolute atomic E-state index is 0.344. The fraction of sp³-hybridized carbons (Fsp3) is 0.238. The van der Waals surface area contributed by atoms with Gasteiger partial charge < -0.3 is 19.5 Å². The second kappa shape index (κ2) is 10.1. The van der Waals surface area contributed by atoms with Crippen LogP contribution in [0.2, 0.25) is 0 Å². The lowest BCUT2D eigenvalue weighted by atomic mass is 10.1. The Labute approximate surface area is 173 Å². The van der Waals surface area contributed by atoms with Crippen molar-refractivity contribution in [3.05, 3.63) is 66.2 Å². The summed E-state index contributed by atoms with van der Waals surface area (Å²) in [7, 11) is 3.14. The molecule has 0 saturated carbocycles. The maximum Gasteiger partial charge on any atom is 0.338 e. The summed E-state index contributed by atoms with van der Waals surface area (Å²) in [5, 5.41) is 6.74. The van der Waals surface area contributed by atoms with Crippen molar-refractivity contribution in [2.75, 3.05) is 27.4 Å². The van der Waals surface area contributed by atoms with Crippen molar-refractivity contribution in [2.24, 2.45) is 0 Å². The highest BCUT2D eigenvalue weighted by Gasteiger charge is 2.11. The van der Waals surface area contributed by atoms with E-state index in [9.17, 15) is 9.59 Å². The van der Waals surface area contributed by atoms with Gasteiger partial charge in [-0.05, 0) is 48.4 Å². The van der Waals surface area contributed by atoms with Gasteiger partial charge in [0.1, 0.15) is 12.7 Å². The maximum absolute atomic E-state index is 12.1. The van der Waals surface area contributed by atoms with Crippen molar-refractivity contribution >= 4 is 11.9 Å². The summed E-state index contributed by atoms with van der Waals surface area (Å²) in [5.74, 6) is 0.329. The molecule has 1 amide bonds. The smallest absolute Gasteiger partial charge is 0.338 e. The van der Waals surface area contributed by atoms with Gasteiger partial charge in [-0.2, -0.15) is 5.10 Å². The Bertz CT molecular complexity index is 987. The van der Waals surface area contributed by atoms with Crippen molar-refractivity contribution in [3.63, 3.8) is 0 Å². The minimum Gasteiger partial charge on any atom is -0.493 e. The van der Waals surface area contributed by atoms with Crippen molar-refractivity contribution in [1.29, 1.82) is 0 Å². The van der Waals surface area contributed by atoms with E-state index in [1.165, 1.54) is 6.33 Å². The number of amides is 1. The highest BCUT2D eigenvalue weighted by molar-refractivity contribution is 5.91. The van der Waals surface area contributed by atoms with Gasteiger partial charge in [-0.15, -0.1) is 0 Å². The predicted molar refractivity (Wildman–Crippen MR) is 108 cm³/mol. The highest BCUT2D eigenvalue weighted by atomic mass is 16.5. The third-order valence-corrected chi connectivity index (χ3v) is 4.30. The van der Waals surface area contributed by atoms with Gasteiger partial charge in [0.05, 0.1) is 25.5 Å². The summed E-state index contributed by atoms with van der Waals surface area (Å²) in [6.45, 7) is 0.0497. The molecule has 0 radical (unpaired) electrons. The Hall–Kier alpha value is -3.88. The van der Waals surface area contributed by atoms with Crippen molar-refractivity contribution in [2.45, 2.75) is 6.42 Å². The zero-order chi connectivity index (χ0) is 21.3. The molecule has 1 heterocycles. The van der Waals surface area contributed by atoms with Crippen molar-refractivity contribution in [1.82, 2.24) is 20.1 Å². The quantitative estimate of drug-likeness (QED) is 0.536. The van der Waals surface area contributed by atoms with Gasteiger partial charge in [-0.1, -0.05) is 6.07 Å². The lowest BCUT2D eigenvalue weighted by molar-refractivity contribution is -0.124. The maximum atomic E-state index is 12.1. The monoisotopic (exact) mass is 410 g/mol. The van der Waals surface area contributed by atoms with Crippen LogP contribution in [0.1, 0.15) is 15.9 Å². The van der Waals surface area contributed by atoms with Crippen LogP contribution in [0.4, 0.5) is 0 Å². The number of rotatable bonds is 9. The lowest BCUT2D eigenvalue weighted by Crippen LogP contribution is -2.30.